The van der Waals surface area contributed by atoms with E-state index < -0.39 is 0 Å². The molecule has 1 aromatic rings. The van der Waals surface area contributed by atoms with E-state index in [9.17, 15) is 14.4 Å². The van der Waals surface area contributed by atoms with Crippen molar-refractivity contribution >= 4 is 17.7 Å². The van der Waals surface area contributed by atoms with Crippen molar-refractivity contribution < 1.29 is 23.9 Å². The number of carbonyl (C=O) groups excluding carboxylic acids is 3. The molecule has 1 N–H and O–H groups in total. The van der Waals surface area contributed by atoms with E-state index in [1.165, 1.54) is 0 Å². The zero-order chi connectivity index (χ0) is 19.2. The first-order valence-corrected chi connectivity index (χ1v) is 9.19. The van der Waals surface area contributed by atoms with Crippen LogP contribution < -0.4 is 10.1 Å². The van der Waals surface area contributed by atoms with E-state index in [-0.39, 0.29) is 30.4 Å². The molecule has 2 saturated heterocycles. The second-order valence-corrected chi connectivity index (χ2v) is 6.62. The molecular formula is C19H25N3O5. The van der Waals surface area contributed by atoms with Gasteiger partial charge in [0.2, 0.25) is 5.91 Å². The fourth-order valence-electron chi connectivity index (χ4n) is 3.26. The summed E-state index contributed by atoms with van der Waals surface area (Å²) in [7, 11) is 1.56. The molecule has 8 nitrogen and oxygen atoms in total. The first-order chi connectivity index (χ1) is 13.1. The van der Waals surface area contributed by atoms with Crippen molar-refractivity contribution in [2.45, 2.75) is 18.9 Å². The topological polar surface area (TPSA) is 88.2 Å². The molecule has 146 valence electrons. The Morgan fingerprint density at radius 3 is 2.37 bits per heavy atom. The normalized spacial score (nSPS) is 19.7. The van der Waals surface area contributed by atoms with Crippen molar-refractivity contribution in [3.8, 4) is 5.75 Å². The Morgan fingerprint density at radius 1 is 1.11 bits per heavy atom. The van der Waals surface area contributed by atoms with Gasteiger partial charge in [-0.3, -0.25) is 14.4 Å². The van der Waals surface area contributed by atoms with E-state index in [1.54, 1.807) is 41.2 Å². The Kier molecular flexibility index (Phi) is 6.28. The molecule has 0 aromatic heterocycles. The van der Waals surface area contributed by atoms with Gasteiger partial charge in [0.05, 0.1) is 13.7 Å². The Balaban J connectivity index is 1.42. The summed E-state index contributed by atoms with van der Waals surface area (Å²) in [6, 6.07) is 6.68. The van der Waals surface area contributed by atoms with Crippen LogP contribution in [0.25, 0.3) is 0 Å². The Labute approximate surface area is 158 Å². The first-order valence-electron chi connectivity index (χ1n) is 9.19. The SMILES string of the molecule is COc1ccc(C(=O)NCC(=O)N2CCN(C(=O)C3CCCO3)CC2)cc1. The summed E-state index contributed by atoms with van der Waals surface area (Å²) in [6.45, 7) is 2.51. The molecule has 1 atom stereocenters. The minimum atomic E-state index is -0.323. The van der Waals surface area contributed by atoms with Crippen LogP contribution in [0.3, 0.4) is 0 Å². The third kappa shape index (κ3) is 4.77. The quantitative estimate of drug-likeness (QED) is 0.798. The lowest BCUT2D eigenvalue weighted by molar-refractivity contribution is -0.145. The molecule has 2 aliphatic heterocycles. The highest BCUT2D eigenvalue weighted by Gasteiger charge is 2.31. The molecule has 1 unspecified atom stereocenters. The number of hydrogen-bond acceptors (Lipinski definition) is 5. The highest BCUT2D eigenvalue weighted by atomic mass is 16.5. The highest BCUT2D eigenvalue weighted by molar-refractivity contribution is 5.96. The van der Waals surface area contributed by atoms with Gasteiger partial charge in [0.15, 0.2) is 0 Å². The van der Waals surface area contributed by atoms with Crippen LogP contribution in [0.2, 0.25) is 0 Å². The molecule has 2 aliphatic rings. The lowest BCUT2D eigenvalue weighted by Gasteiger charge is -2.35. The third-order valence-electron chi connectivity index (χ3n) is 4.90. The number of benzene rings is 1. The molecule has 0 spiro atoms. The number of nitrogens with one attached hydrogen (secondary N) is 1. The Bertz CT molecular complexity index is 677. The Morgan fingerprint density at radius 2 is 1.78 bits per heavy atom. The number of nitrogens with zero attached hydrogens (tertiary/aromatic N) is 2. The number of rotatable bonds is 5. The molecule has 0 saturated carbocycles. The molecule has 0 bridgehead atoms. The molecule has 3 rings (SSSR count). The van der Waals surface area contributed by atoms with Gasteiger partial charge >= 0.3 is 0 Å². The molecule has 8 heteroatoms. The second kappa shape index (κ2) is 8.85. The van der Waals surface area contributed by atoms with Gasteiger partial charge in [0.25, 0.3) is 11.8 Å². The average molecular weight is 375 g/mol. The van der Waals surface area contributed by atoms with Crippen molar-refractivity contribution in [2.24, 2.45) is 0 Å². The Hall–Kier alpha value is -2.61. The van der Waals surface area contributed by atoms with E-state index in [1.807, 2.05) is 0 Å². The van der Waals surface area contributed by atoms with E-state index >= 15 is 0 Å². The standard InChI is InChI=1S/C19H25N3O5/c1-26-15-6-4-14(5-7-15)18(24)20-13-17(23)21-8-10-22(11-9-21)19(25)16-3-2-12-27-16/h4-7,16H,2-3,8-13H2,1H3,(H,20,24). The molecule has 0 aliphatic carbocycles. The van der Waals surface area contributed by atoms with Crippen LogP contribution in [-0.4, -0.2) is 80.1 Å². The minimum absolute atomic E-state index is 0.0207. The van der Waals surface area contributed by atoms with Crippen LogP contribution >= 0.6 is 0 Å². The fourth-order valence-corrected chi connectivity index (χ4v) is 3.26. The highest BCUT2D eigenvalue weighted by Crippen LogP contribution is 2.16. The maximum absolute atomic E-state index is 12.3. The van der Waals surface area contributed by atoms with Gasteiger partial charge in [-0.25, -0.2) is 0 Å². The van der Waals surface area contributed by atoms with Crippen LogP contribution in [0, 0.1) is 0 Å². The third-order valence-corrected chi connectivity index (χ3v) is 4.90. The second-order valence-electron chi connectivity index (χ2n) is 6.62. The van der Waals surface area contributed by atoms with Crippen LogP contribution in [0.5, 0.6) is 5.75 Å². The minimum Gasteiger partial charge on any atom is -0.497 e. The van der Waals surface area contributed by atoms with Crippen molar-refractivity contribution in [1.82, 2.24) is 15.1 Å². The van der Waals surface area contributed by atoms with Crippen LogP contribution in [0.15, 0.2) is 24.3 Å². The molecule has 1 aromatic carbocycles. The summed E-state index contributed by atoms with van der Waals surface area (Å²) >= 11 is 0. The van der Waals surface area contributed by atoms with Crippen molar-refractivity contribution in [3.05, 3.63) is 29.8 Å². The predicted molar refractivity (Wildman–Crippen MR) is 97.5 cm³/mol. The van der Waals surface area contributed by atoms with Gasteiger partial charge in [-0.15, -0.1) is 0 Å². The van der Waals surface area contributed by atoms with Crippen molar-refractivity contribution in [3.63, 3.8) is 0 Å². The van der Waals surface area contributed by atoms with Crippen LogP contribution in [0.4, 0.5) is 0 Å². The number of hydrogen-bond donors (Lipinski definition) is 1. The number of methoxy groups -OCH3 is 1. The summed E-state index contributed by atoms with van der Waals surface area (Å²) in [6.07, 6.45) is 1.37. The van der Waals surface area contributed by atoms with E-state index in [0.29, 0.717) is 44.1 Å². The van der Waals surface area contributed by atoms with Gasteiger partial charge in [0.1, 0.15) is 11.9 Å². The number of amides is 3. The van der Waals surface area contributed by atoms with Gasteiger partial charge < -0.3 is 24.6 Å². The molecule has 0 radical (unpaired) electrons. The fraction of sp³-hybridized carbons (Fsp3) is 0.526. The lowest BCUT2D eigenvalue weighted by atomic mass is 10.2. The van der Waals surface area contributed by atoms with Crippen molar-refractivity contribution in [1.29, 1.82) is 0 Å². The zero-order valence-corrected chi connectivity index (χ0v) is 15.5. The molecule has 2 fully saturated rings. The maximum atomic E-state index is 12.3. The summed E-state index contributed by atoms with van der Waals surface area (Å²) in [5.41, 5.74) is 0.468. The molecular weight excluding hydrogens is 350 g/mol. The average Bonchev–Trinajstić information content (AvgIpc) is 3.26. The summed E-state index contributed by atoms with van der Waals surface area (Å²) in [5.74, 6) is 0.227. The van der Waals surface area contributed by atoms with Crippen molar-refractivity contribution in [2.75, 3.05) is 46.4 Å². The van der Waals surface area contributed by atoms with Gasteiger partial charge in [0, 0.05) is 38.3 Å². The van der Waals surface area contributed by atoms with Crippen LogP contribution in [-0.2, 0) is 14.3 Å². The monoisotopic (exact) mass is 375 g/mol. The first kappa shape index (κ1) is 19.2. The number of ether oxygens (including phenoxy) is 2. The molecule has 2 heterocycles. The molecule has 3 amide bonds. The van der Waals surface area contributed by atoms with Crippen LogP contribution in [0.1, 0.15) is 23.2 Å². The lowest BCUT2D eigenvalue weighted by Crippen LogP contribution is -2.54. The summed E-state index contributed by atoms with van der Waals surface area (Å²) < 4.78 is 10.5. The number of piperazine rings is 1. The van der Waals surface area contributed by atoms with Gasteiger partial charge in [-0.05, 0) is 37.1 Å². The van der Waals surface area contributed by atoms with Gasteiger partial charge in [-0.1, -0.05) is 0 Å². The zero-order valence-electron chi connectivity index (χ0n) is 15.5. The molecule has 27 heavy (non-hydrogen) atoms. The maximum Gasteiger partial charge on any atom is 0.251 e. The summed E-state index contributed by atoms with van der Waals surface area (Å²) in [5, 5.41) is 2.64. The smallest absolute Gasteiger partial charge is 0.251 e. The van der Waals surface area contributed by atoms with E-state index in [4.69, 9.17) is 9.47 Å². The largest absolute Gasteiger partial charge is 0.497 e. The van der Waals surface area contributed by atoms with E-state index in [2.05, 4.69) is 5.32 Å². The van der Waals surface area contributed by atoms with Gasteiger partial charge in [-0.2, -0.15) is 0 Å². The van der Waals surface area contributed by atoms with E-state index in [0.717, 1.165) is 12.8 Å². The summed E-state index contributed by atoms with van der Waals surface area (Å²) in [4.78, 5) is 40.2. The predicted octanol–water partition coefficient (Wildman–Crippen LogP) is 0.275. The number of carbonyl (C=O) groups is 3.